The maximum Gasteiger partial charge on any atom is 0.248 e. The van der Waals surface area contributed by atoms with Gasteiger partial charge in [0.1, 0.15) is 11.9 Å². The summed E-state index contributed by atoms with van der Waals surface area (Å²) in [4.78, 5) is 11.3. The minimum atomic E-state index is -0.440. The van der Waals surface area contributed by atoms with Crippen LogP contribution in [-0.4, -0.2) is 12.5 Å². The second kappa shape index (κ2) is 5.35. The standard InChI is InChI=1S/C16H16N2O2/c17-16(19)12-6-7-13-9-18-10-15(20-14(13)8-12)11-4-2-1-3-5-11/h1-8,15,18H,9-10H2,(H2,17,19). The molecule has 1 aliphatic rings. The van der Waals surface area contributed by atoms with Gasteiger partial charge in [-0.25, -0.2) is 0 Å². The van der Waals surface area contributed by atoms with Gasteiger partial charge in [-0.3, -0.25) is 4.79 Å². The summed E-state index contributed by atoms with van der Waals surface area (Å²) in [6.07, 6.45) is -0.0689. The molecular formula is C16H16N2O2. The molecule has 1 aliphatic heterocycles. The van der Waals surface area contributed by atoms with Crippen molar-refractivity contribution in [3.8, 4) is 5.75 Å². The minimum Gasteiger partial charge on any atom is -0.484 e. The fourth-order valence-electron chi connectivity index (χ4n) is 2.35. The van der Waals surface area contributed by atoms with E-state index in [0.717, 1.165) is 30.0 Å². The van der Waals surface area contributed by atoms with Crippen molar-refractivity contribution >= 4 is 5.91 Å². The van der Waals surface area contributed by atoms with Crippen LogP contribution >= 0.6 is 0 Å². The molecule has 3 N–H and O–H groups in total. The third-order valence-corrected chi connectivity index (χ3v) is 3.44. The summed E-state index contributed by atoms with van der Waals surface area (Å²) in [5, 5.41) is 3.36. The Labute approximate surface area is 117 Å². The van der Waals surface area contributed by atoms with E-state index in [1.807, 2.05) is 36.4 Å². The number of nitrogens with one attached hydrogen (secondary N) is 1. The zero-order chi connectivity index (χ0) is 13.9. The summed E-state index contributed by atoms with van der Waals surface area (Å²) in [7, 11) is 0. The minimum absolute atomic E-state index is 0.0689. The highest BCUT2D eigenvalue weighted by Crippen LogP contribution is 2.28. The van der Waals surface area contributed by atoms with Crippen LogP contribution in [0.15, 0.2) is 48.5 Å². The second-order valence-corrected chi connectivity index (χ2v) is 4.83. The molecule has 0 aliphatic carbocycles. The summed E-state index contributed by atoms with van der Waals surface area (Å²) in [5.74, 6) is 0.282. The van der Waals surface area contributed by atoms with Crippen molar-refractivity contribution in [1.29, 1.82) is 0 Å². The maximum absolute atomic E-state index is 11.3. The van der Waals surface area contributed by atoms with Crippen molar-refractivity contribution in [1.82, 2.24) is 5.32 Å². The lowest BCUT2D eigenvalue weighted by molar-refractivity contribution is 0.0999. The van der Waals surface area contributed by atoms with E-state index >= 15 is 0 Å². The van der Waals surface area contributed by atoms with Crippen LogP contribution in [0.4, 0.5) is 0 Å². The zero-order valence-electron chi connectivity index (χ0n) is 11.0. The molecule has 0 radical (unpaired) electrons. The van der Waals surface area contributed by atoms with Gasteiger partial charge < -0.3 is 15.8 Å². The van der Waals surface area contributed by atoms with Crippen LogP contribution in [0.2, 0.25) is 0 Å². The Kier molecular flexibility index (Phi) is 3.39. The number of hydrogen-bond acceptors (Lipinski definition) is 3. The number of ether oxygens (including phenoxy) is 1. The van der Waals surface area contributed by atoms with Crippen molar-refractivity contribution in [2.24, 2.45) is 5.73 Å². The third-order valence-electron chi connectivity index (χ3n) is 3.44. The molecule has 3 rings (SSSR count). The molecule has 0 saturated carbocycles. The molecule has 1 amide bonds. The monoisotopic (exact) mass is 268 g/mol. The van der Waals surface area contributed by atoms with E-state index in [0.29, 0.717) is 5.56 Å². The van der Waals surface area contributed by atoms with Gasteiger partial charge in [-0.2, -0.15) is 0 Å². The van der Waals surface area contributed by atoms with Gasteiger partial charge in [-0.05, 0) is 17.7 Å². The van der Waals surface area contributed by atoms with Crippen LogP contribution in [0.1, 0.15) is 27.6 Å². The van der Waals surface area contributed by atoms with Crippen molar-refractivity contribution in [2.75, 3.05) is 6.54 Å². The van der Waals surface area contributed by atoms with Gasteiger partial charge in [0.2, 0.25) is 5.91 Å². The average Bonchev–Trinajstić information content (AvgIpc) is 2.69. The van der Waals surface area contributed by atoms with Gasteiger partial charge in [0.15, 0.2) is 0 Å². The Morgan fingerprint density at radius 3 is 2.75 bits per heavy atom. The number of carbonyl (C=O) groups is 1. The van der Waals surface area contributed by atoms with Crippen LogP contribution in [0.3, 0.4) is 0 Å². The molecule has 102 valence electrons. The molecule has 0 saturated heterocycles. The number of nitrogens with two attached hydrogens (primary N) is 1. The first kappa shape index (κ1) is 12.7. The third kappa shape index (κ3) is 2.51. The molecule has 1 unspecified atom stereocenters. The highest BCUT2D eigenvalue weighted by atomic mass is 16.5. The number of amides is 1. The normalized spacial score (nSPS) is 17.7. The predicted molar refractivity (Wildman–Crippen MR) is 76.5 cm³/mol. The van der Waals surface area contributed by atoms with Crippen molar-refractivity contribution in [3.05, 3.63) is 65.2 Å². The fourth-order valence-corrected chi connectivity index (χ4v) is 2.35. The van der Waals surface area contributed by atoms with Crippen molar-refractivity contribution in [3.63, 3.8) is 0 Å². The summed E-state index contributed by atoms with van der Waals surface area (Å²) in [6, 6.07) is 15.4. The molecule has 0 bridgehead atoms. The van der Waals surface area contributed by atoms with Gasteiger partial charge in [0.05, 0.1) is 0 Å². The topological polar surface area (TPSA) is 64.4 Å². The molecule has 4 nitrogen and oxygen atoms in total. The molecule has 4 heteroatoms. The Morgan fingerprint density at radius 2 is 2.00 bits per heavy atom. The average molecular weight is 268 g/mol. The van der Waals surface area contributed by atoms with Gasteiger partial charge >= 0.3 is 0 Å². The van der Waals surface area contributed by atoms with Crippen LogP contribution < -0.4 is 15.8 Å². The molecular weight excluding hydrogens is 252 g/mol. The summed E-state index contributed by atoms with van der Waals surface area (Å²) < 4.78 is 6.06. The van der Waals surface area contributed by atoms with Crippen molar-refractivity contribution in [2.45, 2.75) is 12.6 Å². The van der Waals surface area contributed by atoms with Gasteiger partial charge in [-0.1, -0.05) is 36.4 Å². The van der Waals surface area contributed by atoms with Crippen LogP contribution in [-0.2, 0) is 6.54 Å². The van der Waals surface area contributed by atoms with E-state index in [1.165, 1.54) is 0 Å². The number of carbonyl (C=O) groups excluding carboxylic acids is 1. The predicted octanol–water partition coefficient (Wildman–Crippen LogP) is 2.01. The van der Waals surface area contributed by atoms with Crippen molar-refractivity contribution < 1.29 is 9.53 Å². The van der Waals surface area contributed by atoms with Gasteiger partial charge in [0, 0.05) is 24.2 Å². The SMILES string of the molecule is NC(=O)c1ccc2c(c1)OC(c1ccccc1)CNC2. The number of benzene rings is 2. The Bertz CT molecular complexity index is 626. The van der Waals surface area contributed by atoms with E-state index < -0.39 is 5.91 Å². The van der Waals surface area contributed by atoms with Crippen LogP contribution in [0, 0.1) is 0 Å². The first-order valence-electron chi connectivity index (χ1n) is 6.59. The van der Waals surface area contributed by atoms with Crippen LogP contribution in [0.25, 0.3) is 0 Å². The van der Waals surface area contributed by atoms with E-state index in [4.69, 9.17) is 10.5 Å². The quantitative estimate of drug-likeness (QED) is 0.875. The highest BCUT2D eigenvalue weighted by Gasteiger charge is 2.19. The molecule has 1 atom stereocenters. The number of hydrogen-bond donors (Lipinski definition) is 2. The van der Waals surface area contributed by atoms with Gasteiger partial charge in [-0.15, -0.1) is 0 Å². The Morgan fingerprint density at radius 1 is 1.20 bits per heavy atom. The lowest BCUT2D eigenvalue weighted by Gasteiger charge is -2.17. The first-order chi connectivity index (χ1) is 9.74. The molecule has 0 spiro atoms. The number of primary amides is 1. The Balaban J connectivity index is 1.94. The van der Waals surface area contributed by atoms with E-state index in [2.05, 4.69) is 5.32 Å². The lowest BCUT2D eigenvalue weighted by atomic mass is 10.1. The maximum atomic E-state index is 11.3. The summed E-state index contributed by atoms with van der Waals surface area (Å²) in [5.41, 5.74) is 7.94. The largest absolute Gasteiger partial charge is 0.484 e. The lowest BCUT2D eigenvalue weighted by Crippen LogP contribution is -2.21. The first-order valence-corrected chi connectivity index (χ1v) is 6.59. The number of fused-ring (bicyclic) bond motifs is 1. The zero-order valence-corrected chi connectivity index (χ0v) is 11.0. The molecule has 2 aromatic rings. The highest BCUT2D eigenvalue weighted by molar-refractivity contribution is 5.93. The Hall–Kier alpha value is -2.33. The van der Waals surface area contributed by atoms with E-state index in [-0.39, 0.29) is 6.10 Å². The van der Waals surface area contributed by atoms with E-state index in [1.54, 1.807) is 12.1 Å². The second-order valence-electron chi connectivity index (χ2n) is 4.83. The number of rotatable bonds is 2. The van der Waals surface area contributed by atoms with E-state index in [9.17, 15) is 4.79 Å². The summed E-state index contributed by atoms with van der Waals surface area (Å²) >= 11 is 0. The summed E-state index contributed by atoms with van der Waals surface area (Å²) in [6.45, 7) is 1.45. The van der Waals surface area contributed by atoms with Gasteiger partial charge in [0.25, 0.3) is 0 Å². The molecule has 0 aromatic heterocycles. The molecule has 0 fully saturated rings. The smallest absolute Gasteiger partial charge is 0.248 e. The van der Waals surface area contributed by atoms with Crippen LogP contribution in [0.5, 0.6) is 5.75 Å². The fraction of sp³-hybridized carbons (Fsp3) is 0.188. The molecule has 1 heterocycles. The molecule has 20 heavy (non-hydrogen) atoms. The molecule has 2 aromatic carbocycles.